The van der Waals surface area contributed by atoms with E-state index in [-0.39, 0.29) is 5.78 Å². The van der Waals surface area contributed by atoms with Crippen LogP contribution < -0.4 is 4.90 Å². The quantitative estimate of drug-likeness (QED) is 0.352. The Kier molecular flexibility index (Phi) is 7.32. The number of carbonyl (C=O) groups excluding carboxylic acids is 1. The third kappa shape index (κ3) is 3.98. The fourth-order valence-electron chi connectivity index (χ4n) is 5.25. The summed E-state index contributed by atoms with van der Waals surface area (Å²) in [4.78, 5) is 15.4. The Balaban J connectivity index is 2.36. The van der Waals surface area contributed by atoms with E-state index < -0.39 is 8.24 Å². The fourth-order valence-corrected chi connectivity index (χ4v) is 11.7. The number of nitrogens with zero attached hydrogens (tertiary/aromatic N) is 2. The molecule has 0 unspecified atom stereocenters. The molecule has 0 aliphatic heterocycles. The van der Waals surface area contributed by atoms with Crippen LogP contribution in [0.3, 0.4) is 0 Å². The smallest absolute Gasteiger partial charge is 0.194 e. The van der Waals surface area contributed by atoms with Crippen LogP contribution in [0.5, 0.6) is 0 Å². The lowest BCUT2D eigenvalue weighted by molar-refractivity contribution is 0.103. The van der Waals surface area contributed by atoms with Crippen molar-refractivity contribution >= 4 is 19.7 Å². The zero-order chi connectivity index (χ0) is 21.1. The lowest BCUT2D eigenvalue weighted by Crippen LogP contribution is -2.51. The van der Waals surface area contributed by atoms with Crippen LogP contribution in [0, 0.1) is 0 Å². The highest BCUT2D eigenvalue weighted by Gasteiger charge is 2.45. The van der Waals surface area contributed by atoms with Crippen LogP contribution in [0.25, 0.3) is 0 Å². The average Bonchev–Trinajstić information content (AvgIpc) is 3.12. The molecule has 3 nitrogen and oxygen atoms in total. The van der Waals surface area contributed by atoms with Gasteiger partial charge < -0.3 is 9.13 Å². The van der Waals surface area contributed by atoms with Gasteiger partial charge in [-0.05, 0) is 67.0 Å². The number of rotatable bonds is 9. The molecule has 0 aliphatic rings. The van der Waals surface area contributed by atoms with Gasteiger partial charge in [-0.1, -0.05) is 41.5 Å². The predicted octanol–water partition coefficient (Wildman–Crippen LogP) is 6.59. The van der Waals surface area contributed by atoms with E-state index in [1.165, 1.54) is 5.69 Å². The molecule has 0 aliphatic carbocycles. The van der Waals surface area contributed by atoms with Crippen molar-refractivity contribution in [1.82, 2.24) is 4.23 Å². The highest BCUT2D eigenvalue weighted by atomic mass is 28.3. The minimum atomic E-state index is -1.81. The normalized spacial score (nSPS) is 12.2. The van der Waals surface area contributed by atoms with E-state index in [1.807, 2.05) is 18.2 Å². The van der Waals surface area contributed by atoms with Gasteiger partial charge in [0.2, 0.25) is 0 Å². The molecule has 0 bridgehead atoms. The molecule has 4 heteroatoms. The summed E-state index contributed by atoms with van der Waals surface area (Å²) in [6, 6.07) is 10.1. The van der Waals surface area contributed by atoms with Crippen LogP contribution in [0.2, 0.25) is 16.6 Å². The van der Waals surface area contributed by atoms with Crippen LogP contribution in [-0.4, -0.2) is 31.3 Å². The SMILES string of the molecule is CCN(CC)c1ccc(C(=O)c2ccn([Si](C(C)C)(C(C)C)C(C)C)c2)cc1. The van der Waals surface area contributed by atoms with Gasteiger partial charge in [0.05, 0.1) is 0 Å². The van der Waals surface area contributed by atoms with Crippen molar-refractivity contribution in [2.24, 2.45) is 0 Å². The highest BCUT2D eigenvalue weighted by Crippen LogP contribution is 2.42. The van der Waals surface area contributed by atoms with E-state index in [0.29, 0.717) is 16.6 Å². The first-order chi connectivity index (χ1) is 13.2. The maximum atomic E-state index is 13.1. The third-order valence-corrected chi connectivity index (χ3v) is 13.2. The van der Waals surface area contributed by atoms with E-state index in [0.717, 1.165) is 24.2 Å². The summed E-state index contributed by atoms with van der Waals surface area (Å²) in [6.07, 6.45) is 4.27. The van der Waals surface area contributed by atoms with Crippen molar-refractivity contribution in [3.8, 4) is 0 Å². The molecule has 0 amide bonds. The summed E-state index contributed by atoms with van der Waals surface area (Å²) in [6.45, 7) is 20.3. The largest absolute Gasteiger partial charge is 0.379 e. The lowest BCUT2D eigenvalue weighted by Gasteiger charge is -2.44. The first kappa shape index (κ1) is 22.5. The second kappa shape index (κ2) is 9.12. The molecule has 1 aromatic heterocycles. The molecule has 154 valence electrons. The number of ketones is 1. The van der Waals surface area contributed by atoms with Gasteiger partial charge in [0.25, 0.3) is 0 Å². The standard InChI is InChI=1S/C24H38N2OSi/c1-9-25(10-2)23-13-11-21(12-14-23)24(27)22-15-16-26(17-22)28(18(3)4,19(5)6)20(7)8/h11-20H,9-10H2,1-8H3. The number of anilines is 1. The Morgan fingerprint density at radius 2 is 1.36 bits per heavy atom. The average molecular weight is 399 g/mol. The molecule has 2 rings (SSSR count). The molecule has 0 saturated heterocycles. The Morgan fingerprint density at radius 3 is 1.79 bits per heavy atom. The topological polar surface area (TPSA) is 25.2 Å². The third-order valence-electron chi connectivity index (χ3n) is 6.43. The molecular formula is C24H38N2OSi. The van der Waals surface area contributed by atoms with Gasteiger partial charge in [-0.2, -0.15) is 0 Å². The summed E-state index contributed by atoms with van der Waals surface area (Å²) in [5.74, 6) is 0.115. The van der Waals surface area contributed by atoms with Crippen LogP contribution >= 0.6 is 0 Å². The molecule has 0 saturated carbocycles. The van der Waals surface area contributed by atoms with E-state index >= 15 is 0 Å². The van der Waals surface area contributed by atoms with Gasteiger partial charge in [0, 0.05) is 36.1 Å². The second-order valence-corrected chi connectivity index (χ2v) is 14.5. The summed E-state index contributed by atoms with van der Waals surface area (Å²) in [5.41, 5.74) is 4.56. The van der Waals surface area contributed by atoms with Crippen LogP contribution in [0.4, 0.5) is 5.69 Å². The monoisotopic (exact) mass is 398 g/mol. The van der Waals surface area contributed by atoms with Gasteiger partial charge in [0.15, 0.2) is 14.0 Å². The molecule has 2 aromatic rings. The number of carbonyl (C=O) groups is 1. The zero-order valence-corrected chi connectivity index (χ0v) is 20.0. The van der Waals surface area contributed by atoms with Crippen LogP contribution in [-0.2, 0) is 0 Å². The first-order valence-corrected chi connectivity index (χ1v) is 13.0. The lowest BCUT2D eigenvalue weighted by atomic mass is 10.1. The number of hydrogen-bond donors (Lipinski definition) is 0. The maximum absolute atomic E-state index is 13.1. The minimum Gasteiger partial charge on any atom is -0.379 e. The molecule has 28 heavy (non-hydrogen) atoms. The minimum absolute atomic E-state index is 0.115. The van der Waals surface area contributed by atoms with Gasteiger partial charge >= 0.3 is 0 Å². The summed E-state index contributed by atoms with van der Waals surface area (Å²) < 4.78 is 2.44. The number of benzene rings is 1. The number of hydrogen-bond acceptors (Lipinski definition) is 2. The van der Waals surface area contributed by atoms with Gasteiger partial charge in [-0.25, -0.2) is 0 Å². The molecule has 0 N–H and O–H groups in total. The van der Waals surface area contributed by atoms with Crippen molar-refractivity contribution in [1.29, 1.82) is 0 Å². The summed E-state index contributed by atoms with van der Waals surface area (Å²) in [7, 11) is -1.81. The van der Waals surface area contributed by atoms with Gasteiger partial charge in [-0.3, -0.25) is 4.79 Å². The van der Waals surface area contributed by atoms with Crippen molar-refractivity contribution in [3.05, 3.63) is 53.9 Å². The molecule has 0 radical (unpaired) electrons. The highest BCUT2D eigenvalue weighted by molar-refractivity contribution is 6.82. The Hall–Kier alpha value is -1.81. The summed E-state index contributed by atoms with van der Waals surface area (Å²) >= 11 is 0. The molecule has 0 spiro atoms. The molecule has 1 aromatic carbocycles. The van der Waals surface area contributed by atoms with Gasteiger partial charge in [-0.15, -0.1) is 0 Å². The van der Waals surface area contributed by atoms with E-state index in [4.69, 9.17) is 0 Å². The second-order valence-electron chi connectivity index (χ2n) is 8.71. The summed E-state index contributed by atoms with van der Waals surface area (Å²) in [5, 5.41) is 0. The van der Waals surface area contributed by atoms with Crippen LogP contribution in [0.15, 0.2) is 42.7 Å². The maximum Gasteiger partial charge on any atom is 0.194 e. The number of aromatic nitrogens is 1. The zero-order valence-electron chi connectivity index (χ0n) is 19.0. The predicted molar refractivity (Wildman–Crippen MR) is 124 cm³/mol. The molecular weight excluding hydrogens is 360 g/mol. The van der Waals surface area contributed by atoms with E-state index in [9.17, 15) is 4.79 Å². The van der Waals surface area contributed by atoms with Crippen LogP contribution in [0.1, 0.15) is 71.3 Å². The van der Waals surface area contributed by atoms with Gasteiger partial charge in [0.1, 0.15) is 0 Å². The van der Waals surface area contributed by atoms with Crippen molar-refractivity contribution in [2.75, 3.05) is 18.0 Å². The molecule has 0 fully saturated rings. The Labute approximate surface area is 172 Å². The van der Waals surface area contributed by atoms with Crippen molar-refractivity contribution < 1.29 is 4.79 Å². The Bertz CT molecular complexity index is 748. The Morgan fingerprint density at radius 1 is 0.857 bits per heavy atom. The first-order valence-electron chi connectivity index (χ1n) is 10.8. The van der Waals surface area contributed by atoms with Crippen molar-refractivity contribution in [3.63, 3.8) is 0 Å². The fraction of sp³-hybridized carbons (Fsp3) is 0.542. The van der Waals surface area contributed by atoms with E-state index in [2.05, 4.69) is 89.0 Å². The molecule has 1 heterocycles. The van der Waals surface area contributed by atoms with E-state index in [1.54, 1.807) is 0 Å². The van der Waals surface area contributed by atoms with Crippen molar-refractivity contribution in [2.45, 2.75) is 72.0 Å². The molecule has 0 atom stereocenters.